The van der Waals surface area contributed by atoms with Gasteiger partial charge in [-0.05, 0) is 38.5 Å². The molecule has 2 heterocycles. The van der Waals surface area contributed by atoms with Gasteiger partial charge in [-0.25, -0.2) is 9.59 Å². The maximum Gasteiger partial charge on any atom is 0.338 e. The highest BCUT2D eigenvalue weighted by Gasteiger charge is 2.38. The fourth-order valence-electron chi connectivity index (χ4n) is 4.84. The highest BCUT2D eigenvalue weighted by Crippen LogP contribution is 2.32. The molecular weight excluding hydrogens is 456 g/mol. The molecule has 0 spiro atoms. The van der Waals surface area contributed by atoms with Crippen LogP contribution in [0.4, 0.5) is 4.79 Å². The Labute approximate surface area is 212 Å². The zero-order valence-electron chi connectivity index (χ0n) is 21.4. The van der Waals surface area contributed by atoms with Gasteiger partial charge >= 0.3 is 12.0 Å². The molecule has 1 fully saturated rings. The van der Waals surface area contributed by atoms with Crippen molar-refractivity contribution in [3.05, 3.63) is 82.6 Å². The average molecular weight is 491 g/mol. The van der Waals surface area contributed by atoms with E-state index in [9.17, 15) is 14.4 Å². The molecule has 0 aromatic heterocycles. The summed E-state index contributed by atoms with van der Waals surface area (Å²) in [5.74, 6) is -0.418. The third-order valence-electron chi connectivity index (χ3n) is 6.85. The number of esters is 1. The standard InChI is InChI=1S/C28H34N4O4/c1-5-36-27(34)24-23(30(4)28(35)29-25(24)21-13-11-19(2)12-14-21)18-31-15-16-32(20(3)17-31)26(33)22-9-7-6-8-10-22/h6-14,20,25H,5,15-18H2,1-4H3,(H,29,35)/t20-,25-/m1/s1. The van der Waals surface area contributed by atoms with Crippen LogP contribution in [-0.4, -0.2) is 78.5 Å². The van der Waals surface area contributed by atoms with Crippen LogP contribution in [-0.2, 0) is 9.53 Å². The molecule has 3 amide bonds. The molecule has 2 aromatic rings. The van der Waals surface area contributed by atoms with Crippen LogP contribution < -0.4 is 5.32 Å². The fraction of sp³-hybridized carbons (Fsp3) is 0.393. The first-order chi connectivity index (χ1) is 17.3. The average Bonchev–Trinajstić information content (AvgIpc) is 2.87. The number of carbonyl (C=O) groups is 3. The quantitative estimate of drug-likeness (QED) is 0.628. The summed E-state index contributed by atoms with van der Waals surface area (Å²) < 4.78 is 5.43. The molecule has 2 aromatic carbocycles. The molecule has 1 saturated heterocycles. The van der Waals surface area contributed by atoms with E-state index >= 15 is 0 Å². The van der Waals surface area contributed by atoms with Crippen molar-refractivity contribution in [1.82, 2.24) is 20.0 Å². The Morgan fingerprint density at radius 1 is 1.06 bits per heavy atom. The van der Waals surface area contributed by atoms with Crippen molar-refractivity contribution in [2.45, 2.75) is 32.9 Å². The number of carbonyl (C=O) groups excluding carboxylic acids is 3. The molecule has 0 aliphatic carbocycles. The summed E-state index contributed by atoms with van der Waals surface area (Å²) >= 11 is 0. The Morgan fingerprint density at radius 2 is 1.75 bits per heavy atom. The van der Waals surface area contributed by atoms with Crippen LogP contribution in [0, 0.1) is 6.92 Å². The molecule has 2 aliphatic heterocycles. The van der Waals surface area contributed by atoms with Crippen LogP contribution in [0.5, 0.6) is 0 Å². The lowest BCUT2D eigenvalue weighted by Crippen LogP contribution is -2.56. The Kier molecular flexibility index (Phi) is 7.74. The first kappa shape index (κ1) is 25.4. The number of amides is 3. The number of benzene rings is 2. The Morgan fingerprint density at radius 3 is 2.39 bits per heavy atom. The summed E-state index contributed by atoms with van der Waals surface area (Å²) in [7, 11) is 1.67. The normalized spacial score (nSPS) is 20.8. The number of piperazine rings is 1. The van der Waals surface area contributed by atoms with E-state index in [0.717, 1.165) is 11.1 Å². The molecule has 190 valence electrons. The lowest BCUT2D eigenvalue weighted by molar-refractivity contribution is -0.139. The second-order valence-corrected chi connectivity index (χ2v) is 9.38. The summed E-state index contributed by atoms with van der Waals surface area (Å²) in [6, 6.07) is 16.2. The van der Waals surface area contributed by atoms with E-state index in [0.29, 0.717) is 43.0 Å². The number of nitrogens with zero attached hydrogens (tertiary/aromatic N) is 3. The van der Waals surface area contributed by atoms with E-state index in [4.69, 9.17) is 4.74 Å². The number of likely N-dealkylation sites (N-methyl/N-ethyl adjacent to an activating group) is 1. The largest absolute Gasteiger partial charge is 0.463 e. The molecule has 0 bridgehead atoms. The SMILES string of the molecule is CCOC(=O)C1=C(CN2CCN(C(=O)c3ccccc3)[C@H](C)C2)N(C)C(=O)N[C@@H]1c1ccc(C)cc1. The van der Waals surface area contributed by atoms with Crippen molar-refractivity contribution >= 4 is 17.9 Å². The van der Waals surface area contributed by atoms with Crippen molar-refractivity contribution in [3.8, 4) is 0 Å². The number of hydrogen-bond acceptors (Lipinski definition) is 5. The summed E-state index contributed by atoms with van der Waals surface area (Å²) in [6.07, 6.45) is 0. The van der Waals surface area contributed by atoms with Crippen LogP contribution >= 0.6 is 0 Å². The number of aryl methyl sites for hydroxylation is 1. The van der Waals surface area contributed by atoms with Gasteiger partial charge in [-0.3, -0.25) is 14.6 Å². The van der Waals surface area contributed by atoms with Gasteiger partial charge < -0.3 is 15.0 Å². The molecule has 2 aliphatic rings. The Bertz CT molecular complexity index is 1150. The maximum absolute atomic E-state index is 13.2. The van der Waals surface area contributed by atoms with E-state index in [-0.39, 0.29) is 24.6 Å². The molecule has 36 heavy (non-hydrogen) atoms. The summed E-state index contributed by atoms with van der Waals surface area (Å²) in [4.78, 5) is 44.7. The number of ether oxygens (including phenoxy) is 1. The van der Waals surface area contributed by atoms with Gasteiger partial charge in [0.25, 0.3) is 5.91 Å². The van der Waals surface area contributed by atoms with Gasteiger partial charge in [0.15, 0.2) is 0 Å². The maximum atomic E-state index is 13.2. The summed E-state index contributed by atoms with van der Waals surface area (Å²) in [5.41, 5.74) is 3.66. The van der Waals surface area contributed by atoms with Crippen molar-refractivity contribution in [2.75, 3.05) is 39.8 Å². The molecule has 0 saturated carbocycles. The minimum atomic E-state index is -0.596. The molecular formula is C28H34N4O4. The number of rotatable bonds is 6. The third-order valence-corrected chi connectivity index (χ3v) is 6.85. The lowest BCUT2D eigenvalue weighted by Gasteiger charge is -2.42. The van der Waals surface area contributed by atoms with Gasteiger partial charge in [0, 0.05) is 50.5 Å². The summed E-state index contributed by atoms with van der Waals surface area (Å²) in [5, 5.41) is 2.96. The van der Waals surface area contributed by atoms with Crippen molar-refractivity contribution in [1.29, 1.82) is 0 Å². The number of urea groups is 1. The second-order valence-electron chi connectivity index (χ2n) is 9.38. The Hall–Kier alpha value is -3.65. The summed E-state index contributed by atoms with van der Waals surface area (Å²) in [6.45, 7) is 8.26. The van der Waals surface area contributed by atoms with Crippen LogP contribution in [0.3, 0.4) is 0 Å². The molecule has 8 heteroatoms. The monoisotopic (exact) mass is 490 g/mol. The predicted octanol–water partition coefficient (Wildman–Crippen LogP) is 3.35. The van der Waals surface area contributed by atoms with Gasteiger partial charge in [0.1, 0.15) is 0 Å². The van der Waals surface area contributed by atoms with Crippen LogP contribution in [0.25, 0.3) is 0 Å². The van der Waals surface area contributed by atoms with Gasteiger partial charge in [-0.1, -0.05) is 48.0 Å². The number of hydrogen-bond donors (Lipinski definition) is 1. The van der Waals surface area contributed by atoms with Crippen LogP contribution in [0.15, 0.2) is 65.9 Å². The molecule has 4 rings (SSSR count). The van der Waals surface area contributed by atoms with Crippen molar-refractivity contribution < 1.29 is 19.1 Å². The molecule has 0 unspecified atom stereocenters. The molecule has 8 nitrogen and oxygen atoms in total. The smallest absolute Gasteiger partial charge is 0.338 e. The van der Waals surface area contributed by atoms with Crippen LogP contribution in [0.2, 0.25) is 0 Å². The van der Waals surface area contributed by atoms with E-state index in [2.05, 4.69) is 10.2 Å². The van der Waals surface area contributed by atoms with Gasteiger partial charge in [-0.15, -0.1) is 0 Å². The predicted molar refractivity (Wildman–Crippen MR) is 137 cm³/mol. The van der Waals surface area contributed by atoms with Gasteiger partial charge in [-0.2, -0.15) is 0 Å². The van der Waals surface area contributed by atoms with Crippen molar-refractivity contribution in [2.24, 2.45) is 0 Å². The minimum Gasteiger partial charge on any atom is -0.463 e. The first-order valence-electron chi connectivity index (χ1n) is 12.4. The molecule has 2 atom stereocenters. The topological polar surface area (TPSA) is 82.2 Å². The zero-order chi connectivity index (χ0) is 25.8. The third kappa shape index (κ3) is 5.28. The fourth-order valence-corrected chi connectivity index (χ4v) is 4.84. The van der Waals surface area contributed by atoms with E-state index in [1.165, 1.54) is 4.90 Å². The van der Waals surface area contributed by atoms with Crippen LogP contribution in [0.1, 0.15) is 41.4 Å². The number of nitrogens with one attached hydrogen (secondary N) is 1. The highest BCUT2D eigenvalue weighted by molar-refractivity contribution is 5.95. The van der Waals surface area contributed by atoms with Gasteiger partial charge in [0.2, 0.25) is 0 Å². The van der Waals surface area contributed by atoms with Crippen molar-refractivity contribution in [3.63, 3.8) is 0 Å². The van der Waals surface area contributed by atoms with E-state index in [1.54, 1.807) is 14.0 Å². The second kappa shape index (κ2) is 11.0. The lowest BCUT2D eigenvalue weighted by atomic mass is 9.93. The zero-order valence-corrected chi connectivity index (χ0v) is 21.4. The first-order valence-corrected chi connectivity index (χ1v) is 12.4. The molecule has 0 radical (unpaired) electrons. The highest BCUT2D eigenvalue weighted by atomic mass is 16.5. The van der Waals surface area contributed by atoms with E-state index < -0.39 is 12.0 Å². The molecule has 1 N–H and O–H groups in total. The van der Waals surface area contributed by atoms with Gasteiger partial charge in [0.05, 0.1) is 18.2 Å². The van der Waals surface area contributed by atoms with E-state index in [1.807, 2.05) is 73.3 Å². The minimum absolute atomic E-state index is 0.0165. The Balaban J connectivity index is 1.60.